The van der Waals surface area contributed by atoms with E-state index in [1.54, 1.807) is 7.05 Å². The minimum absolute atomic E-state index is 0. The van der Waals surface area contributed by atoms with Crippen molar-refractivity contribution in [2.45, 2.75) is 39.7 Å². The first-order valence-electron chi connectivity index (χ1n) is 8.40. The van der Waals surface area contributed by atoms with Gasteiger partial charge in [0.25, 0.3) is 0 Å². The molecule has 0 bridgehead atoms. The number of anilines is 1. The van der Waals surface area contributed by atoms with Gasteiger partial charge in [-0.1, -0.05) is 26.0 Å². The molecule has 0 heterocycles. The van der Waals surface area contributed by atoms with Crippen molar-refractivity contribution in [3.63, 3.8) is 0 Å². The number of hydrogen-bond acceptors (Lipinski definition) is 2. The third-order valence-electron chi connectivity index (χ3n) is 3.74. The largest absolute Gasteiger partial charge is 0.356 e. The predicted octanol–water partition coefficient (Wildman–Crippen LogP) is 3.36. The lowest BCUT2D eigenvalue weighted by molar-refractivity contribution is -0.116. The van der Waals surface area contributed by atoms with E-state index in [0.717, 1.165) is 29.7 Å². The number of hydrogen-bond donors (Lipinski definition) is 3. The topological polar surface area (TPSA) is 65.5 Å². The monoisotopic (exact) mass is 444 g/mol. The van der Waals surface area contributed by atoms with E-state index in [9.17, 15) is 4.79 Å². The van der Waals surface area contributed by atoms with E-state index in [0.29, 0.717) is 18.9 Å². The number of aliphatic imine (C=N–C) groups is 1. The summed E-state index contributed by atoms with van der Waals surface area (Å²) in [7, 11) is 1.78. The molecule has 1 fully saturated rings. The van der Waals surface area contributed by atoms with Crippen molar-refractivity contribution in [3.8, 4) is 0 Å². The molecule has 1 amide bonds. The molecule has 1 aromatic carbocycles. The number of benzene rings is 1. The number of nitrogens with zero attached hydrogens (tertiary/aromatic N) is 1. The van der Waals surface area contributed by atoms with Gasteiger partial charge in [-0.05, 0) is 42.4 Å². The summed E-state index contributed by atoms with van der Waals surface area (Å²) in [5.74, 6) is 2.06. The average Bonchev–Trinajstić information content (AvgIpc) is 3.31. The maximum atomic E-state index is 11.8. The highest BCUT2D eigenvalue weighted by atomic mass is 127. The molecule has 134 valence electrons. The maximum Gasteiger partial charge on any atom is 0.224 e. The van der Waals surface area contributed by atoms with Crippen LogP contribution in [-0.2, 0) is 11.3 Å². The Morgan fingerprint density at radius 3 is 2.67 bits per heavy atom. The smallest absolute Gasteiger partial charge is 0.224 e. The van der Waals surface area contributed by atoms with Crippen LogP contribution >= 0.6 is 24.0 Å². The van der Waals surface area contributed by atoms with Crippen molar-refractivity contribution < 1.29 is 4.79 Å². The van der Waals surface area contributed by atoms with Gasteiger partial charge in [-0.25, -0.2) is 0 Å². The van der Waals surface area contributed by atoms with Gasteiger partial charge >= 0.3 is 0 Å². The summed E-state index contributed by atoms with van der Waals surface area (Å²) in [5.41, 5.74) is 1.96. The average molecular weight is 444 g/mol. The van der Waals surface area contributed by atoms with Crippen LogP contribution in [0.4, 0.5) is 5.69 Å². The van der Waals surface area contributed by atoms with E-state index in [-0.39, 0.29) is 29.9 Å². The van der Waals surface area contributed by atoms with Crippen LogP contribution in [0.25, 0.3) is 0 Å². The van der Waals surface area contributed by atoms with Crippen molar-refractivity contribution in [2.75, 3.05) is 18.9 Å². The Kier molecular flexibility index (Phi) is 9.10. The van der Waals surface area contributed by atoms with Gasteiger partial charge in [-0.3, -0.25) is 9.79 Å². The fraction of sp³-hybridized carbons (Fsp3) is 0.556. The third kappa shape index (κ3) is 7.99. The van der Waals surface area contributed by atoms with Crippen molar-refractivity contribution in [3.05, 3.63) is 29.8 Å². The van der Waals surface area contributed by atoms with Gasteiger partial charge in [-0.2, -0.15) is 0 Å². The van der Waals surface area contributed by atoms with Crippen LogP contribution in [0.3, 0.4) is 0 Å². The molecule has 0 saturated heterocycles. The number of carbonyl (C=O) groups excluding carboxylic acids is 1. The molecule has 1 aliphatic carbocycles. The van der Waals surface area contributed by atoms with Crippen molar-refractivity contribution in [2.24, 2.45) is 16.8 Å². The second-order valence-electron chi connectivity index (χ2n) is 6.60. The highest BCUT2D eigenvalue weighted by Gasteiger charge is 2.20. The van der Waals surface area contributed by atoms with Crippen molar-refractivity contribution in [1.82, 2.24) is 10.6 Å². The van der Waals surface area contributed by atoms with Crippen LogP contribution in [0, 0.1) is 11.8 Å². The zero-order chi connectivity index (χ0) is 16.7. The van der Waals surface area contributed by atoms with Crippen LogP contribution in [0.2, 0.25) is 0 Å². The molecule has 24 heavy (non-hydrogen) atoms. The summed E-state index contributed by atoms with van der Waals surface area (Å²) in [6, 6.07) is 7.92. The van der Waals surface area contributed by atoms with E-state index >= 15 is 0 Å². The second-order valence-corrected chi connectivity index (χ2v) is 6.60. The summed E-state index contributed by atoms with van der Waals surface area (Å²) in [4.78, 5) is 16.1. The minimum atomic E-state index is 0. The van der Waals surface area contributed by atoms with Crippen molar-refractivity contribution in [1.29, 1.82) is 0 Å². The first-order valence-corrected chi connectivity index (χ1v) is 8.40. The zero-order valence-electron chi connectivity index (χ0n) is 14.8. The Labute approximate surface area is 162 Å². The first kappa shape index (κ1) is 20.7. The Bertz CT molecular complexity index is 556. The lowest BCUT2D eigenvalue weighted by Crippen LogP contribution is -2.37. The van der Waals surface area contributed by atoms with Gasteiger partial charge in [0.15, 0.2) is 5.96 Å². The van der Waals surface area contributed by atoms with Gasteiger partial charge in [0.05, 0.1) is 0 Å². The fourth-order valence-corrected chi connectivity index (χ4v) is 2.31. The van der Waals surface area contributed by atoms with Crippen LogP contribution in [0.15, 0.2) is 29.3 Å². The van der Waals surface area contributed by atoms with E-state index in [1.807, 2.05) is 38.1 Å². The molecule has 0 radical (unpaired) electrons. The highest BCUT2D eigenvalue weighted by Crippen LogP contribution is 2.27. The van der Waals surface area contributed by atoms with Crippen molar-refractivity contribution >= 4 is 41.5 Å². The van der Waals surface area contributed by atoms with Gasteiger partial charge in [0, 0.05) is 32.2 Å². The molecule has 0 spiro atoms. The second kappa shape index (κ2) is 10.5. The molecule has 5 nitrogen and oxygen atoms in total. The number of carbonyl (C=O) groups is 1. The molecule has 0 aromatic heterocycles. The number of amides is 1. The Hall–Kier alpha value is -1.31. The molecular formula is C18H29IN4O. The third-order valence-corrected chi connectivity index (χ3v) is 3.74. The van der Waals surface area contributed by atoms with E-state index < -0.39 is 0 Å². The molecule has 0 atom stereocenters. The van der Waals surface area contributed by atoms with Crippen LogP contribution in [-0.4, -0.2) is 25.5 Å². The molecule has 3 N–H and O–H groups in total. The van der Waals surface area contributed by atoms with Crippen LogP contribution in [0.1, 0.15) is 38.7 Å². The van der Waals surface area contributed by atoms with Gasteiger partial charge in [0.2, 0.25) is 5.91 Å². The normalized spacial score (nSPS) is 14.1. The molecular weight excluding hydrogens is 415 g/mol. The number of rotatable bonds is 7. The van der Waals surface area contributed by atoms with E-state index in [4.69, 9.17) is 0 Å². The SMILES string of the molecule is CN=C(NCc1cccc(NC(=O)CC(C)C)c1)NCC1CC1.I. The van der Waals surface area contributed by atoms with Gasteiger partial charge < -0.3 is 16.0 Å². The fourth-order valence-electron chi connectivity index (χ4n) is 2.31. The van der Waals surface area contributed by atoms with E-state index in [2.05, 4.69) is 20.9 Å². The minimum Gasteiger partial charge on any atom is -0.356 e. The first-order chi connectivity index (χ1) is 11.1. The zero-order valence-corrected chi connectivity index (χ0v) is 17.1. The number of guanidine groups is 1. The summed E-state index contributed by atoms with van der Waals surface area (Å²) in [6.07, 6.45) is 3.18. The number of nitrogens with one attached hydrogen (secondary N) is 3. The number of halogens is 1. The molecule has 0 aliphatic heterocycles. The molecule has 1 saturated carbocycles. The van der Waals surface area contributed by atoms with Crippen LogP contribution < -0.4 is 16.0 Å². The lowest BCUT2D eigenvalue weighted by Gasteiger charge is -2.12. The maximum absolute atomic E-state index is 11.8. The summed E-state index contributed by atoms with van der Waals surface area (Å²) in [6.45, 7) is 5.75. The summed E-state index contributed by atoms with van der Waals surface area (Å²) in [5, 5.41) is 9.60. The molecule has 6 heteroatoms. The van der Waals surface area contributed by atoms with Gasteiger partial charge in [0.1, 0.15) is 0 Å². The van der Waals surface area contributed by atoms with E-state index in [1.165, 1.54) is 12.8 Å². The predicted molar refractivity (Wildman–Crippen MR) is 111 cm³/mol. The lowest BCUT2D eigenvalue weighted by atomic mass is 10.1. The molecule has 2 rings (SSSR count). The van der Waals surface area contributed by atoms with Crippen LogP contribution in [0.5, 0.6) is 0 Å². The Morgan fingerprint density at radius 2 is 2.04 bits per heavy atom. The standard InChI is InChI=1S/C18H28N4O.HI/c1-13(2)9-17(23)22-16-6-4-5-15(10-16)12-21-18(19-3)20-11-14-7-8-14;/h4-6,10,13-14H,7-9,11-12H2,1-3H3,(H,22,23)(H2,19,20,21);1H. The Morgan fingerprint density at radius 1 is 1.29 bits per heavy atom. The quantitative estimate of drug-likeness (QED) is 0.343. The Balaban J connectivity index is 0.00000288. The van der Waals surface area contributed by atoms with Gasteiger partial charge in [-0.15, -0.1) is 24.0 Å². The molecule has 1 aliphatic rings. The summed E-state index contributed by atoms with van der Waals surface area (Å²) < 4.78 is 0. The summed E-state index contributed by atoms with van der Waals surface area (Å²) >= 11 is 0. The molecule has 0 unspecified atom stereocenters. The highest BCUT2D eigenvalue weighted by molar-refractivity contribution is 14.0. The molecule has 1 aromatic rings.